The van der Waals surface area contributed by atoms with E-state index in [0.29, 0.717) is 34.9 Å². The average Bonchev–Trinajstić information content (AvgIpc) is 2.86. The van der Waals surface area contributed by atoms with Crippen LogP contribution in [0.4, 0.5) is 14.9 Å². The Morgan fingerprint density at radius 2 is 1.62 bits per heavy atom. The van der Waals surface area contributed by atoms with Gasteiger partial charge in [0.2, 0.25) is 5.75 Å². The van der Waals surface area contributed by atoms with Gasteiger partial charge < -0.3 is 23.8 Å². The quantitative estimate of drug-likeness (QED) is 0.404. The van der Waals surface area contributed by atoms with Gasteiger partial charge in [-0.2, -0.15) is 0 Å². The lowest BCUT2D eigenvalue weighted by Gasteiger charge is -2.31. The first-order chi connectivity index (χ1) is 16.4. The molecule has 3 rings (SSSR count). The molecule has 1 N–H and O–H groups in total. The fourth-order valence-corrected chi connectivity index (χ4v) is 4.03. The van der Waals surface area contributed by atoms with Gasteiger partial charge >= 0.3 is 6.09 Å². The molecule has 184 valence electrons. The fraction of sp³-hybridized carbons (Fsp3) is 0.440. The zero-order chi connectivity index (χ0) is 24.5. The van der Waals surface area contributed by atoms with E-state index in [1.165, 1.54) is 33.5 Å². The molecule has 1 heterocycles. The molecule has 1 saturated heterocycles. The van der Waals surface area contributed by atoms with Crippen molar-refractivity contribution >= 4 is 17.6 Å². The summed E-state index contributed by atoms with van der Waals surface area (Å²) < 4.78 is 34.2. The van der Waals surface area contributed by atoms with Crippen molar-refractivity contribution in [1.82, 2.24) is 4.90 Å². The van der Waals surface area contributed by atoms with Crippen molar-refractivity contribution < 1.29 is 32.9 Å². The molecule has 0 aromatic heterocycles. The van der Waals surface area contributed by atoms with Crippen LogP contribution in [0.1, 0.15) is 29.6 Å². The van der Waals surface area contributed by atoms with Gasteiger partial charge in [-0.05, 0) is 56.6 Å². The lowest BCUT2D eigenvalue weighted by atomic mass is 9.89. The Balaban J connectivity index is 1.38. The van der Waals surface area contributed by atoms with Crippen LogP contribution in [0.15, 0.2) is 36.4 Å². The van der Waals surface area contributed by atoms with Gasteiger partial charge in [0.15, 0.2) is 17.3 Å². The van der Waals surface area contributed by atoms with Crippen molar-refractivity contribution in [2.24, 2.45) is 5.92 Å². The van der Waals surface area contributed by atoms with Crippen LogP contribution in [0.2, 0.25) is 0 Å². The topological polar surface area (TPSA) is 86.3 Å². The summed E-state index contributed by atoms with van der Waals surface area (Å²) in [7, 11) is 4.51. The zero-order valence-corrected chi connectivity index (χ0v) is 19.8. The van der Waals surface area contributed by atoms with Crippen molar-refractivity contribution in [3.8, 4) is 17.2 Å². The van der Waals surface area contributed by atoms with E-state index >= 15 is 0 Å². The van der Waals surface area contributed by atoms with Crippen LogP contribution >= 0.6 is 0 Å². The summed E-state index contributed by atoms with van der Waals surface area (Å²) in [5.74, 6) is 0.989. The lowest BCUT2D eigenvalue weighted by Crippen LogP contribution is -2.37. The number of ether oxygens (including phenoxy) is 4. The molecule has 0 aliphatic carbocycles. The molecule has 1 fully saturated rings. The van der Waals surface area contributed by atoms with E-state index < -0.39 is 6.09 Å². The largest absolute Gasteiger partial charge is 0.493 e. The second-order valence-electron chi connectivity index (χ2n) is 8.02. The first kappa shape index (κ1) is 25.3. The summed E-state index contributed by atoms with van der Waals surface area (Å²) in [5.41, 5.74) is 1.03. The van der Waals surface area contributed by atoms with E-state index in [4.69, 9.17) is 18.9 Å². The number of benzene rings is 2. The van der Waals surface area contributed by atoms with Crippen molar-refractivity contribution in [2.45, 2.75) is 19.3 Å². The number of halogens is 1. The second kappa shape index (κ2) is 12.2. The predicted molar refractivity (Wildman–Crippen MR) is 126 cm³/mol. The molecule has 0 radical (unpaired) electrons. The highest BCUT2D eigenvalue weighted by atomic mass is 19.1. The summed E-state index contributed by atoms with van der Waals surface area (Å²) in [5, 5.41) is 2.67. The number of carbonyl (C=O) groups excluding carboxylic acids is 2. The van der Waals surface area contributed by atoms with Gasteiger partial charge in [0.1, 0.15) is 5.82 Å². The highest BCUT2D eigenvalue weighted by Gasteiger charge is 2.25. The van der Waals surface area contributed by atoms with E-state index in [2.05, 4.69) is 10.2 Å². The molecule has 8 nitrogen and oxygen atoms in total. The van der Waals surface area contributed by atoms with Gasteiger partial charge in [0.25, 0.3) is 0 Å². The Bertz CT molecular complexity index is 949. The van der Waals surface area contributed by atoms with Crippen LogP contribution < -0.4 is 19.5 Å². The van der Waals surface area contributed by atoms with Crippen molar-refractivity contribution in [3.63, 3.8) is 0 Å². The number of piperidine rings is 1. The number of rotatable bonds is 10. The maximum absolute atomic E-state index is 13.1. The SMILES string of the molecule is COc1cc(NC(=O)OCCCN2CCC(C(=O)c3ccc(F)cc3)CC2)cc(OC)c1OC. The maximum Gasteiger partial charge on any atom is 0.411 e. The van der Waals surface area contributed by atoms with E-state index in [-0.39, 0.29) is 24.1 Å². The van der Waals surface area contributed by atoms with Crippen LogP contribution in [-0.2, 0) is 4.74 Å². The first-order valence-electron chi connectivity index (χ1n) is 11.2. The highest BCUT2D eigenvalue weighted by Crippen LogP contribution is 2.39. The Morgan fingerprint density at radius 3 is 2.18 bits per heavy atom. The molecule has 0 atom stereocenters. The van der Waals surface area contributed by atoms with Crippen LogP contribution in [-0.4, -0.2) is 64.3 Å². The van der Waals surface area contributed by atoms with Crippen LogP contribution in [0.25, 0.3) is 0 Å². The van der Waals surface area contributed by atoms with Gasteiger partial charge in [0.05, 0.1) is 33.6 Å². The minimum atomic E-state index is -0.571. The third kappa shape index (κ3) is 6.60. The minimum absolute atomic E-state index is 0.0396. The third-order valence-corrected chi connectivity index (χ3v) is 5.85. The Labute approximate surface area is 198 Å². The van der Waals surface area contributed by atoms with Crippen LogP contribution in [0.5, 0.6) is 17.2 Å². The standard InChI is InChI=1S/C25H31FN2O6/c1-31-21-15-20(16-22(32-2)24(21)33-3)27-25(30)34-14-4-11-28-12-9-18(10-13-28)23(29)17-5-7-19(26)8-6-17/h5-8,15-16,18H,4,9-14H2,1-3H3,(H,27,30). The number of ketones is 1. The molecule has 2 aromatic rings. The van der Waals surface area contributed by atoms with Crippen molar-refractivity contribution in [1.29, 1.82) is 0 Å². The second-order valence-corrected chi connectivity index (χ2v) is 8.02. The average molecular weight is 475 g/mol. The van der Waals surface area contributed by atoms with E-state index in [1.54, 1.807) is 24.3 Å². The maximum atomic E-state index is 13.1. The van der Waals surface area contributed by atoms with E-state index in [9.17, 15) is 14.0 Å². The molecule has 34 heavy (non-hydrogen) atoms. The lowest BCUT2D eigenvalue weighted by molar-refractivity contribution is 0.0830. The number of nitrogens with one attached hydrogen (secondary N) is 1. The fourth-order valence-electron chi connectivity index (χ4n) is 4.03. The summed E-state index contributed by atoms with van der Waals surface area (Å²) >= 11 is 0. The van der Waals surface area contributed by atoms with Crippen molar-refractivity contribution in [3.05, 3.63) is 47.8 Å². The smallest absolute Gasteiger partial charge is 0.411 e. The van der Waals surface area contributed by atoms with Gasteiger partial charge in [-0.15, -0.1) is 0 Å². The zero-order valence-electron chi connectivity index (χ0n) is 19.8. The van der Waals surface area contributed by atoms with Crippen LogP contribution in [0, 0.1) is 11.7 Å². The molecule has 1 aliphatic heterocycles. The summed E-state index contributed by atoms with van der Waals surface area (Å²) in [6.45, 7) is 2.64. The number of anilines is 1. The first-order valence-corrected chi connectivity index (χ1v) is 11.2. The predicted octanol–water partition coefficient (Wildman–Crippen LogP) is 4.39. The summed E-state index contributed by atoms with van der Waals surface area (Å²) in [6, 6.07) is 8.98. The number of nitrogens with zero attached hydrogens (tertiary/aromatic N) is 1. The number of hydrogen-bond donors (Lipinski definition) is 1. The molecule has 0 bridgehead atoms. The molecular formula is C25H31FN2O6. The Kier molecular flexibility index (Phi) is 9.09. The number of methoxy groups -OCH3 is 3. The van der Waals surface area contributed by atoms with E-state index in [1.807, 2.05) is 0 Å². The molecular weight excluding hydrogens is 443 g/mol. The molecule has 0 saturated carbocycles. The van der Waals surface area contributed by atoms with Gasteiger partial charge in [-0.1, -0.05) is 0 Å². The van der Waals surface area contributed by atoms with Gasteiger partial charge in [-0.25, -0.2) is 9.18 Å². The molecule has 2 aromatic carbocycles. The normalized spacial score (nSPS) is 14.4. The van der Waals surface area contributed by atoms with Crippen LogP contribution in [0.3, 0.4) is 0 Å². The molecule has 9 heteroatoms. The monoisotopic (exact) mass is 474 g/mol. The van der Waals surface area contributed by atoms with Gasteiger partial charge in [0, 0.05) is 30.2 Å². The number of amides is 1. The molecule has 0 spiro atoms. The molecule has 0 unspecified atom stereocenters. The third-order valence-electron chi connectivity index (χ3n) is 5.85. The van der Waals surface area contributed by atoms with Crippen molar-refractivity contribution in [2.75, 3.05) is 52.9 Å². The van der Waals surface area contributed by atoms with Gasteiger partial charge in [-0.3, -0.25) is 10.1 Å². The summed E-state index contributed by atoms with van der Waals surface area (Å²) in [6.07, 6.45) is 1.63. The number of likely N-dealkylation sites (tertiary alicyclic amines) is 1. The molecule has 1 amide bonds. The Morgan fingerprint density at radius 1 is 1.00 bits per heavy atom. The molecule has 1 aliphatic rings. The number of carbonyl (C=O) groups is 2. The summed E-state index contributed by atoms with van der Waals surface area (Å²) in [4.78, 5) is 27.0. The number of Topliss-reactive ketones (excluding diaryl/α,β-unsaturated/α-hetero) is 1. The highest BCUT2D eigenvalue weighted by molar-refractivity contribution is 5.97. The minimum Gasteiger partial charge on any atom is -0.493 e. The number of hydrogen-bond acceptors (Lipinski definition) is 7. The van der Waals surface area contributed by atoms with E-state index in [0.717, 1.165) is 32.5 Å². The Hall–Kier alpha value is -3.33.